The molecule has 0 bridgehead atoms. The van der Waals surface area contributed by atoms with E-state index in [-0.39, 0.29) is 18.4 Å². The van der Waals surface area contributed by atoms with Crippen molar-refractivity contribution in [3.05, 3.63) is 71.7 Å². The predicted octanol–water partition coefficient (Wildman–Crippen LogP) is 5.42. The first kappa shape index (κ1) is 24.7. The molecule has 12 heteroatoms. The largest absolute Gasteiger partial charge is 0.503 e. The molecule has 4 aromatic rings. The van der Waals surface area contributed by atoms with Gasteiger partial charge >= 0.3 is 6.55 Å². The Labute approximate surface area is 207 Å². The van der Waals surface area contributed by atoms with Gasteiger partial charge in [-0.2, -0.15) is 18.3 Å². The molecular formula is C25H22F5N5O2. The molecule has 194 valence electrons. The molecule has 1 saturated carbocycles. The number of aromatic hydroxyl groups is 1. The highest BCUT2D eigenvalue weighted by Gasteiger charge is 2.26. The summed E-state index contributed by atoms with van der Waals surface area (Å²) in [4.78, 5) is 16.9. The highest BCUT2D eigenvalue weighted by atomic mass is 19.3. The molecule has 0 unspecified atom stereocenters. The number of halogens is 5. The van der Waals surface area contributed by atoms with Crippen molar-refractivity contribution in [2.24, 2.45) is 5.92 Å². The van der Waals surface area contributed by atoms with Gasteiger partial charge in [-0.15, -0.1) is 0 Å². The molecule has 3 heterocycles. The van der Waals surface area contributed by atoms with Crippen LogP contribution in [-0.4, -0.2) is 36.7 Å². The molecule has 1 fully saturated rings. The average molecular weight is 519 g/mol. The molecule has 0 aliphatic heterocycles. The molecule has 3 aromatic heterocycles. The van der Waals surface area contributed by atoms with Crippen molar-refractivity contribution in [3.63, 3.8) is 0 Å². The van der Waals surface area contributed by atoms with E-state index in [1.54, 1.807) is 6.07 Å². The van der Waals surface area contributed by atoms with Crippen LogP contribution in [0.25, 0.3) is 16.8 Å². The number of phenols is 1. The number of aromatic nitrogens is 4. The van der Waals surface area contributed by atoms with E-state index in [4.69, 9.17) is 10.1 Å². The number of rotatable bonds is 6. The number of phenolic OH excluding ortho intramolecular Hbond substituents is 1. The number of nitrogens with one attached hydrogen (secondary N) is 1. The lowest BCUT2D eigenvalue weighted by atomic mass is 9.80. The Bertz CT molecular complexity index is 1460. The average Bonchev–Trinajstić information content (AvgIpc) is 3.56. The maximum atomic E-state index is 13.9. The van der Waals surface area contributed by atoms with E-state index < -0.39 is 41.2 Å². The van der Waals surface area contributed by atoms with Crippen LogP contribution in [0.3, 0.4) is 0 Å². The summed E-state index contributed by atoms with van der Waals surface area (Å²) in [7, 11) is 0. The summed E-state index contributed by atoms with van der Waals surface area (Å²) in [5.74, 6) is -6.93. The number of hydrogen-bond donors (Lipinski definition) is 2. The number of hydrogen-bond acceptors (Lipinski definition) is 4. The van der Waals surface area contributed by atoms with E-state index in [1.807, 2.05) is 22.9 Å². The number of imidazole rings is 1. The Balaban J connectivity index is 1.19. The Morgan fingerprint density at radius 2 is 1.81 bits per heavy atom. The summed E-state index contributed by atoms with van der Waals surface area (Å²) in [5, 5.41) is 15.3. The van der Waals surface area contributed by atoms with Crippen LogP contribution in [0, 0.1) is 23.4 Å². The highest BCUT2D eigenvalue weighted by molar-refractivity contribution is 5.94. The monoisotopic (exact) mass is 519 g/mol. The van der Waals surface area contributed by atoms with E-state index >= 15 is 0 Å². The molecule has 1 aliphatic rings. The summed E-state index contributed by atoms with van der Waals surface area (Å²) < 4.78 is 69.1. The lowest BCUT2D eigenvalue weighted by Crippen LogP contribution is -2.32. The van der Waals surface area contributed by atoms with Crippen LogP contribution in [0.15, 0.2) is 43.0 Å². The second-order valence-corrected chi connectivity index (χ2v) is 9.15. The third-order valence-corrected chi connectivity index (χ3v) is 6.80. The smallest absolute Gasteiger partial charge is 0.333 e. The van der Waals surface area contributed by atoms with Gasteiger partial charge in [-0.05, 0) is 49.8 Å². The lowest BCUT2D eigenvalue weighted by molar-refractivity contribution is 0.0566. The van der Waals surface area contributed by atoms with Gasteiger partial charge < -0.3 is 14.8 Å². The fourth-order valence-electron chi connectivity index (χ4n) is 4.72. The van der Waals surface area contributed by atoms with E-state index in [0.29, 0.717) is 16.3 Å². The zero-order chi connectivity index (χ0) is 26.3. The molecular weight excluding hydrogens is 497 g/mol. The van der Waals surface area contributed by atoms with Crippen molar-refractivity contribution in [3.8, 4) is 16.9 Å². The Morgan fingerprint density at radius 1 is 1.05 bits per heavy atom. The molecule has 0 radical (unpaired) electrons. The van der Waals surface area contributed by atoms with Gasteiger partial charge in [0.25, 0.3) is 5.91 Å². The SMILES string of the molecule is O=C(NC[C@H]1CC[C@H](c2cn3cc(-c4cnn(C(F)F)c4)ccc3n2)CC1)c1cc(F)c(O)c(F)c1F. The van der Waals surface area contributed by atoms with Gasteiger partial charge in [0.2, 0.25) is 5.82 Å². The van der Waals surface area contributed by atoms with Gasteiger partial charge in [-0.25, -0.2) is 18.4 Å². The van der Waals surface area contributed by atoms with Crippen LogP contribution < -0.4 is 5.32 Å². The minimum atomic E-state index is -2.71. The number of benzene rings is 1. The van der Waals surface area contributed by atoms with Crippen LogP contribution in [0.2, 0.25) is 0 Å². The third-order valence-electron chi connectivity index (χ3n) is 6.80. The van der Waals surface area contributed by atoms with Gasteiger partial charge in [-0.3, -0.25) is 4.79 Å². The van der Waals surface area contributed by atoms with E-state index in [1.165, 1.54) is 12.4 Å². The number of alkyl halides is 2. The molecule has 1 aromatic carbocycles. The van der Waals surface area contributed by atoms with Crippen molar-refractivity contribution in [2.75, 3.05) is 6.54 Å². The first-order valence-corrected chi connectivity index (χ1v) is 11.7. The zero-order valence-corrected chi connectivity index (χ0v) is 19.3. The second-order valence-electron chi connectivity index (χ2n) is 9.15. The summed E-state index contributed by atoms with van der Waals surface area (Å²) >= 11 is 0. The lowest BCUT2D eigenvalue weighted by Gasteiger charge is -2.27. The number of carbonyl (C=O) groups excluding carboxylic acids is 1. The normalized spacial score (nSPS) is 18.0. The Kier molecular flexibility index (Phi) is 6.57. The molecule has 2 N–H and O–H groups in total. The molecule has 5 rings (SSSR count). The topological polar surface area (TPSA) is 84.5 Å². The van der Waals surface area contributed by atoms with Gasteiger partial charge in [0.1, 0.15) is 5.65 Å². The molecule has 37 heavy (non-hydrogen) atoms. The van der Waals surface area contributed by atoms with E-state index in [2.05, 4.69) is 10.4 Å². The minimum Gasteiger partial charge on any atom is -0.503 e. The van der Waals surface area contributed by atoms with Gasteiger partial charge in [0, 0.05) is 42.2 Å². The summed E-state index contributed by atoms with van der Waals surface area (Å²) in [6.45, 7) is -2.49. The first-order chi connectivity index (χ1) is 17.7. The first-order valence-electron chi connectivity index (χ1n) is 11.7. The van der Waals surface area contributed by atoms with Crippen LogP contribution in [-0.2, 0) is 0 Å². The number of amides is 1. The van der Waals surface area contributed by atoms with Gasteiger partial charge in [0.05, 0.1) is 17.5 Å². The summed E-state index contributed by atoms with van der Waals surface area (Å²) in [5.41, 5.74) is 2.13. The Hall–Kier alpha value is -3.96. The standard InChI is InChI=1S/C25H22F5N5O2/c26-18-7-17(21(27)22(28)23(18)36)24(37)31-8-13-1-3-14(4-2-13)19-12-34-10-15(5-6-20(34)33-19)16-9-32-35(11-16)25(29)30/h5-7,9-14,25,36H,1-4,8H2,(H,31,37)/t13-,14-. The van der Waals surface area contributed by atoms with Crippen LogP contribution >= 0.6 is 0 Å². The quantitative estimate of drug-likeness (QED) is 0.263. The molecule has 7 nitrogen and oxygen atoms in total. The fourth-order valence-corrected chi connectivity index (χ4v) is 4.72. The van der Waals surface area contributed by atoms with Crippen LogP contribution in [0.5, 0.6) is 5.75 Å². The highest BCUT2D eigenvalue weighted by Crippen LogP contribution is 2.35. The van der Waals surface area contributed by atoms with E-state index in [0.717, 1.165) is 42.6 Å². The minimum absolute atomic E-state index is 0.102. The molecule has 0 atom stereocenters. The molecule has 1 aliphatic carbocycles. The number of carbonyl (C=O) groups is 1. The van der Waals surface area contributed by atoms with Crippen molar-refractivity contribution in [1.82, 2.24) is 24.5 Å². The van der Waals surface area contributed by atoms with Crippen LogP contribution in [0.1, 0.15) is 54.2 Å². The van der Waals surface area contributed by atoms with Crippen molar-refractivity contribution in [2.45, 2.75) is 38.2 Å². The molecule has 1 amide bonds. The zero-order valence-electron chi connectivity index (χ0n) is 19.3. The molecule has 0 saturated heterocycles. The fraction of sp³-hybridized carbons (Fsp3) is 0.320. The third kappa shape index (κ3) is 4.87. The maximum Gasteiger partial charge on any atom is 0.333 e. The van der Waals surface area contributed by atoms with Crippen molar-refractivity contribution < 1.29 is 31.9 Å². The predicted molar refractivity (Wildman–Crippen MR) is 123 cm³/mol. The van der Waals surface area contributed by atoms with Crippen molar-refractivity contribution >= 4 is 11.6 Å². The van der Waals surface area contributed by atoms with Gasteiger partial charge in [-0.1, -0.05) is 0 Å². The van der Waals surface area contributed by atoms with E-state index in [9.17, 15) is 26.7 Å². The second kappa shape index (κ2) is 9.83. The number of fused-ring (bicyclic) bond motifs is 1. The van der Waals surface area contributed by atoms with Gasteiger partial charge in [0.15, 0.2) is 17.4 Å². The summed E-state index contributed by atoms with van der Waals surface area (Å²) in [6.07, 6.45) is 9.52. The number of nitrogens with zero attached hydrogens (tertiary/aromatic N) is 4. The Morgan fingerprint density at radius 3 is 2.51 bits per heavy atom. The van der Waals surface area contributed by atoms with Crippen LogP contribution in [0.4, 0.5) is 22.0 Å². The maximum absolute atomic E-state index is 13.9. The molecule has 0 spiro atoms. The van der Waals surface area contributed by atoms with Crippen molar-refractivity contribution in [1.29, 1.82) is 0 Å². The number of pyridine rings is 1. The summed E-state index contributed by atoms with van der Waals surface area (Å²) in [6, 6.07) is 4.08.